The van der Waals surface area contributed by atoms with Crippen molar-refractivity contribution in [1.82, 2.24) is 0 Å². The summed E-state index contributed by atoms with van der Waals surface area (Å²) in [5.74, 6) is 0.228. The Hall–Kier alpha value is -2.12. The number of carbonyl (C=O) groups is 2. The maximum absolute atomic E-state index is 12.6. The minimum absolute atomic E-state index is 0.0762. The Labute approximate surface area is 141 Å². The topological polar surface area (TPSA) is 99.9 Å². The fourth-order valence-electron chi connectivity index (χ4n) is 2.54. The SMILES string of the molecule is COC(=O)CCOc1ccc(NC(=O)C2(CN)CCOCC2)cc1. The van der Waals surface area contributed by atoms with Gasteiger partial charge in [-0.05, 0) is 37.1 Å². The van der Waals surface area contributed by atoms with Crippen molar-refractivity contribution in [2.45, 2.75) is 19.3 Å². The number of anilines is 1. The van der Waals surface area contributed by atoms with E-state index in [0.717, 1.165) is 0 Å². The molecule has 3 N–H and O–H groups in total. The lowest BCUT2D eigenvalue weighted by molar-refractivity contribution is -0.141. The van der Waals surface area contributed by atoms with E-state index in [1.807, 2.05) is 0 Å². The fraction of sp³-hybridized carbons (Fsp3) is 0.529. The van der Waals surface area contributed by atoms with Crippen molar-refractivity contribution in [1.29, 1.82) is 0 Å². The summed E-state index contributed by atoms with van der Waals surface area (Å²) in [6.07, 6.45) is 1.45. The first kappa shape index (κ1) is 18.2. The highest BCUT2D eigenvalue weighted by Crippen LogP contribution is 2.31. The number of esters is 1. The van der Waals surface area contributed by atoms with Crippen molar-refractivity contribution < 1.29 is 23.8 Å². The molecule has 1 fully saturated rings. The Bertz CT molecular complexity index is 553. The number of carbonyl (C=O) groups excluding carboxylic acids is 2. The summed E-state index contributed by atoms with van der Waals surface area (Å²) in [5.41, 5.74) is 5.95. The van der Waals surface area contributed by atoms with E-state index in [-0.39, 0.29) is 24.9 Å². The van der Waals surface area contributed by atoms with Crippen molar-refractivity contribution >= 4 is 17.6 Å². The highest BCUT2D eigenvalue weighted by Gasteiger charge is 2.38. The van der Waals surface area contributed by atoms with E-state index < -0.39 is 5.41 Å². The second-order valence-corrected chi connectivity index (χ2v) is 5.75. The smallest absolute Gasteiger partial charge is 0.308 e. The van der Waals surface area contributed by atoms with Gasteiger partial charge in [0.15, 0.2) is 0 Å². The maximum Gasteiger partial charge on any atom is 0.308 e. The third-order valence-electron chi connectivity index (χ3n) is 4.24. The summed E-state index contributed by atoms with van der Waals surface area (Å²) < 4.78 is 15.3. The summed E-state index contributed by atoms with van der Waals surface area (Å²) in [5, 5.41) is 2.91. The largest absolute Gasteiger partial charge is 0.493 e. The van der Waals surface area contributed by atoms with Gasteiger partial charge in [-0.15, -0.1) is 0 Å². The van der Waals surface area contributed by atoms with Crippen molar-refractivity contribution in [3.05, 3.63) is 24.3 Å². The summed E-state index contributed by atoms with van der Waals surface area (Å²) in [6.45, 7) is 1.65. The molecular weight excluding hydrogens is 312 g/mol. The van der Waals surface area contributed by atoms with Crippen LogP contribution in [-0.4, -0.2) is 45.4 Å². The third-order valence-corrected chi connectivity index (χ3v) is 4.24. The van der Waals surface area contributed by atoms with E-state index in [4.69, 9.17) is 15.2 Å². The number of ether oxygens (including phenoxy) is 3. The first-order chi connectivity index (χ1) is 11.6. The quantitative estimate of drug-likeness (QED) is 0.729. The van der Waals surface area contributed by atoms with E-state index in [9.17, 15) is 9.59 Å². The van der Waals surface area contributed by atoms with Crippen LogP contribution in [0.1, 0.15) is 19.3 Å². The minimum Gasteiger partial charge on any atom is -0.493 e. The normalized spacial score (nSPS) is 16.2. The summed E-state index contributed by atoms with van der Waals surface area (Å²) >= 11 is 0. The average molecular weight is 336 g/mol. The molecule has 0 bridgehead atoms. The molecule has 0 aliphatic carbocycles. The molecule has 0 saturated carbocycles. The monoisotopic (exact) mass is 336 g/mol. The van der Waals surface area contributed by atoms with Gasteiger partial charge in [-0.25, -0.2) is 0 Å². The number of nitrogens with two attached hydrogens (primary N) is 1. The van der Waals surface area contributed by atoms with Gasteiger partial charge in [0.25, 0.3) is 0 Å². The molecule has 0 aromatic heterocycles. The molecule has 7 heteroatoms. The lowest BCUT2D eigenvalue weighted by Gasteiger charge is -2.34. The van der Waals surface area contributed by atoms with E-state index >= 15 is 0 Å². The number of hydrogen-bond donors (Lipinski definition) is 2. The zero-order valence-electron chi connectivity index (χ0n) is 13.9. The van der Waals surface area contributed by atoms with Crippen LogP contribution in [0, 0.1) is 5.41 Å². The molecule has 7 nitrogen and oxygen atoms in total. The molecule has 0 radical (unpaired) electrons. The van der Waals surface area contributed by atoms with Gasteiger partial charge in [-0.1, -0.05) is 0 Å². The van der Waals surface area contributed by atoms with Crippen LogP contribution in [0.4, 0.5) is 5.69 Å². The van der Waals surface area contributed by atoms with Crippen LogP contribution in [0.5, 0.6) is 5.75 Å². The molecule has 0 atom stereocenters. The molecule has 1 heterocycles. The molecule has 1 aromatic rings. The van der Waals surface area contributed by atoms with Gasteiger partial charge in [0.05, 0.1) is 25.6 Å². The van der Waals surface area contributed by atoms with Crippen LogP contribution in [0.3, 0.4) is 0 Å². The van der Waals surface area contributed by atoms with Crippen LogP contribution >= 0.6 is 0 Å². The van der Waals surface area contributed by atoms with Crippen LogP contribution in [0.25, 0.3) is 0 Å². The van der Waals surface area contributed by atoms with E-state index in [1.54, 1.807) is 24.3 Å². The van der Waals surface area contributed by atoms with Gasteiger partial charge < -0.3 is 25.3 Å². The van der Waals surface area contributed by atoms with Crippen molar-refractivity contribution in [2.24, 2.45) is 11.1 Å². The molecule has 24 heavy (non-hydrogen) atoms. The summed E-state index contributed by atoms with van der Waals surface area (Å²) in [4.78, 5) is 23.6. The molecule has 132 valence electrons. The number of amides is 1. The van der Waals surface area contributed by atoms with Crippen molar-refractivity contribution in [3.63, 3.8) is 0 Å². The average Bonchev–Trinajstić information content (AvgIpc) is 2.63. The molecule has 1 aromatic carbocycles. The highest BCUT2D eigenvalue weighted by molar-refractivity contribution is 5.95. The van der Waals surface area contributed by atoms with Gasteiger partial charge in [0.1, 0.15) is 5.75 Å². The summed E-state index contributed by atoms with van der Waals surface area (Å²) in [7, 11) is 1.34. The second-order valence-electron chi connectivity index (χ2n) is 5.75. The first-order valence-electron chi connectivity index (χ1n) is 7.98. The number of rotatable bonds is 7. The number of hydrogen-bond acceptors (Lipinski definition) is 6. The van der Waals surface area contributed by atoms with Gasteiger partial charge in [0, 0.05) is 25.4 Å². The van der Waals surface area contributed by atoms with Gasteiger partial charge in [0.2, 0.25) is 5.91 Å². The molecule has 1 amide bonds. The highest BCUT2D eigenvalue weighted by atomic mass is 16.5. The van der Waals surface area contributed by atoms with Crippen LogP contribution < -0.4 is 15.8 Å². The number of methoxy groups -OCH3 is 1. The maximum atomic E-state index is 12.6. The van der Waals surface area contributed by atoms with Crippen molar-refractivity contribution in [2.75, 3.05) is 38.8 Å². The predicted octanol–water partition coefficient (Wildman–Crippen LogP) is 1.32. The van der Waals surface area contributed by atoms with Gasteiger partial charge >= 0.3 is 5.97 Å². The Balaban J connectivity index is 1.88. The zero-order chi connectivity index (χ0) is 17.4. The molecular formula is C17H24N2O5. The van der Waals surface area contributed by atoms with Crippen LogP contribution in [0.15, 0.2) is 24.3 Å². The standard InChI is InChI=1S/C17H24N2O5/c1-22-15(20)6-9-24-14-4-2-13(3-5-14)19-16(21)17(12-18)7-10-23-11-8-17/h2-5H,6-12,18H2,1H3,(H,19,21). The molecule has 1 aliphatic rings. The molecule has 0 spiro atoms. The van der Waals surface area contributed by atoms with Gasteiger partial charge in [-0.3, -0.25) is 9.59 Å². The van der Waals surface area contributed by atoms with Gasteiger partial charge in [-0.2, -0.15) is 0 Å². The third kappa shape index (κ3) is 4.69. The van der Waals surface area contributed by atoms with Crippen molar-refractivity contribution in [3.8, 4) is 5.75 Å². The molecule has 1 aliphatic heterocycles. The molecule has 0 unspecified atom stereocenters. The number of nitrogens with one attached hydrogen (secondary N) is 1. The lowest BCUT2D eigenvalue weighted by atomic mass is 9.79. The Kier molecular flexibility index (Phi) is 6.57. The zero-order valence-corrected chi connectivity index (χ0v) is 13.9. The molecule has 1 saturated heterocycles. The summed E-state index contributed by atoms with van der Waals surface area (Å²) in [6, 6.07) is 7.00. The Morgan fingerprint density at radius 1 is 1.25 bits per heavy atom. The Morgan fingerprint density at radius 2 is 1.92 bits per heavy atom. The predicted molar refractivity (Wildman–Crippen MR) is 88.7 cm³/mol. The fourth-order valence-corrected chi connectivity index (χ4v) is 2.54. The lowest BCUT2D eigenvalue weighted by Crippen LogP contribution is -2.46. The second kappa shape index (κ2) is 8.65. The van der Waals surface area contributed by atoms with E-state index in [0.29, 0.717) is 44.0 Å². The van der Waals surface area contributed by atoms with E-state index in [2.05, 4.69) is 10.1 Å². The number of benzene rings is 1. The molecule has 2 rings (SSSR count). The van der Waals surface area contributed by atoms with Crippen LogP contribution in [0.2, 0.25) is 0 Å². The first-order valence-corrected chi connectivity index (χ1v) is 7.98. The minimum atomic E-state index is -0.562. The van der Waals surface area contributed by atoms with E-state index in [1.165, 1.54) is 7.11 Å². The van der Waals surface area contributed by atoms with Crippen LogP contribution in [-0.2, 0) is 19.1 Å². The Morgan fingerprint density at radius 3 is 2.50 bits per heavy atom.